The van der Waals surface area contributed by atoms with Crippen LogP contribution in [0.25, 0.3) is 44.2 Å². The molecule has 12 rings (SSSR count). The molecule has 0 aromatic heterocycles. The van der Waals surface area contributed by atoms with Gasteiger partial charge in [-0.15, -0.1) is 0 Å². The molecular formula is C56H39NO. The minimum atomic E-state index is -0.626. The zero-order valence-electron chi connectivity index (χ0n) is 32.4. The van der Waals surface area contributed by atoms with E-state index in [0.29, 0.717) is 0 Å². The van der Waals surface area contributed by atoms with E-state index in [9.17, 15) is 0 Å². The number of hydrogen-bond acceptors (Lipinski definition) is 2. The lowest BCUT2D eigenvalue weighted by Gasteiger charge is -2.40. The molecule has 9 aromatic rings. The van der Waals surface area contributed by atoms with Gasteiger partial charge in [-0.2, -0.15) is 0 Å². The third kappa shape index (κ3) is 4.43. The first kappa shape index (κ1) is 33.0. The third-order valence-electron chi connectivity index (χ3n) is 13.1. The maximum Gasteiger partial charge on any atom is 0.132 e. The zero-order chi connectivity index (χ0) is 38.6. The summed E-state index contributed by atoms with van der Waals surface area (Å²) in [5.41, 5.74) is 17.7. The van der Waals surface area contributed by atoms with E-state index in [-0.39, 0.29) is 5.41 Å². The Kier molecular flexibility index (Phi) is 6.93. The van der Waals surface area contributed by atoms with E-state index in [1.165, 1.54) is 66.4 Å². The number of rotatable bonds is 4. The number of ether oxygens (including phenoxy) is 1. The highest BCUT2D eigenvalue weighted by Crippen LogP contribution is 2.64. The van der Waals surface area contributed by atoms with Crippen LogP contribution in [0.15, 0.2) is 200 Å². The first-order chi connectivity index (χ1) is 28.5. The van der Waals surface area contributed by atoms with Crippen LogP contribution in [0.1, 0.15) is 47.2 Å². The molecule has 2 heteroatoms. The van der Waals surface area contributed by atoms with Crippen molar-refractivity contribution in [1.82, 2.24) is 0 Å². The summed E-state index contributed by atoms with van der Waals surface area (Å²) in [7, 11) is 0. The van der Waals surface area contributed by atoms with Gasteiger partial charge in [0.15, 0.2) is 0 Å². The van der Waals surface area contributed by atoms with Crippen molar-refractivity contribution in [3.05, 3.63) is 234 Å². The monoisotopic (exact) mass is 741 g/mol. The topological polar surface area (TPSA) is 12.5 Å². The Morgan fingerprint density at radius 3 is 1.67 bits per heavy atom. The number of para-hydroxylation sites is 3. The van der Waals surface area contributed by atoms with E-state index in [1.807, 2.05) is 0 Å². The second kappa shape index (κ2) is 12.2. The van der Waals surface area contributed by atoms with Crippen molar-refractivity contribution in [3.63, 3.8) is 0 Å². The largest absolute Gasteiger partial charge is 0.457 e. The molecule has 0 saturated carbocycles. The lowest BCUT2D eigenvalue weighted by atomic mass is 9.65. The molecule has 3 aliphatic rings. The van der Waals surface area contributed by atoms with Crippen molar-refractivity contribution >= 4 is 27.8 Å². The first-order valence-corrected chi connectivity index (χ1v) is 20.3. The molecule has 0 N–H and O–H groups in total. The molecule has 2 nitrogen and oxygen atoms in total. The smallest absolute Gasteiger partial charge is 0.132 e. The highest BCUT2D eigenvalue weighted by molar-refractivity contribution is 6.02. The summed E-state index contributed by atoms with van der Waals surface area (Å²) < 4.78 is 6.77. The third-order valence-corrected chi connectivity index (χ3v) is 13.1. The fourth-order valence-corrected chi connectivity index (χ4v) is 10.6. The summed E-state index contributed by atoms with van der Waals surface area (Å²) in [6, 6.07) is 73.7. The van der Waals surface area contributed by atoms with Crippen molar-refractivity contribution in [2.75, 3.05) is 4.90 Å². The minimum Gasteiger partial charge on any atom is -0.457 e. The molecule has 0 bridgehead atoms. The number of fused-ring (bicyclic) bond motifs is 14. The Labute approximate surface area is 339 Å². The number of anilines is 3. The van der Waals surface area contributed by atoms with Crippen LogP contribution in [-0.4, -0.2) is 0 Å². The molecule has 0 unspecified atom stereocenters. The maximum atomic E-state index is 6.77. The van der Waals surface area contributed by atoms with Gasteiger partial charge in [-0.3, -0.25) is 0 Å². The van der Waals surface area contributed by atoms with E-state index < -0.39 is 5.41 Å². The first-order valence-electron chi connectivity index (χ1n) is 20.3. The van der Waals surface area contributed by atoms with Crippen LogP contribution in [0.2, 0.25) is 0 Å². The molecule has 0 amide bonds. The summed E-state index contributed by atoms with van der Waals surface area (Å²) in [6.45, 7) is 4.73. The van der Waals surface area contributed by atoms with Gasteiger partial charge in [0.05, 0.1) is 11.1 Å². The van der Waals surface area contributed by atoms with Crippen molar-refractivity contribution in [1.29, 1.82) is 0 Å². The normalized spacial score (nSPS) is 14.4. The van der Waals surface area contributed by atoms with E-state index in [0.717, 1.165) is 39.7 Å². The summed E-state index contributed by atoms with van der Waals surface area (Å²) in [6.07, 6.45) is 0. The highest BCUT2D eigenvalue weighted by Gasteiger charge is 2.52. The fourth-order valence-electron chi connectivity index (χ4n) is 10.6. The van der Waals surface area contributed by atoms with Crippen LogP contribution < -0.4 is 9.64 Å². The highest BCUT2D eigenvalue weighted by atomic mass is 16.5. The van der Waals surface area contributed by atoms with E-state index >= 15 is 0 Å². The van der Waals surface area contributed by atoms with Crippen molar-refractivity contribution in [2.24, 2.45) is 0 Å². The van der Waals surface area contributed by atoms with E-state index in [2.05, 4.69) is 219 Å². The Hall–Kier alpha value is -7.16. The quantitative estimate of drug-likeness (QED) is 0.178. The van der Waals surface area contributed by atoms with Gasteiger partial charge in [0.25, 0.3) is 0 Å². The fraction of sp³-hybridized carbons (Fsp3) is 0.0714. The average molecular weight is 742 g/mol. The zero-order valence-corrected chi connectivity index (χ0v) is 32.4. The predicted octanol–water partition coefficient (Wildman–Crippen LogP) is 14.8. The molecule has 0 atom stereocenters. The van der Waals surface area contributed by atoms with Gasteiger partial charge >= 0.3 is 0 Å². The van der Waals surface area contributed by atoms with Crippen LogP contribution in [0, 0.1) is 0 Å². The van der Waals surface area contributed by atoms with E-state index in [4.69, 9.17) is 4.74 Å². The summed E-state index contributed by atoms with van der Waals surface area (Å²) in [4.78, 5) is 2.49. The van der Waals surface area contributed by atoms with Gasteiger partial charge in [0.1, 0.15) is 11.5 Å². The van der Waals surface area contributed by atoms with Crippen LogP contribution in [0.4, 0.5) is 17.1 Å². The van der Waals surface area contributed by atoms with Gasteiger partial charge < -0.3 is 9.64 Å². The van der Waals surface area contributed by atoms with Crippen molar-refractivity contribution in [3.8, 4) is 44.9 Å². The molecule has 1 heterocycles. The second-order valence-corrected chi connectivity index (χ2v) is 16.4. The molecule has 1 aliphatic heterocycles. The Bertz CT molecular complexity index is 3090. The SMILES string of the molecule is CC1(C)c2ccccc2-c2ccc(N(c3ccc4c(c3)C3(c5ccccc5Oc5ccccc53)c3c-4ccc4ccccc34)c3ccccc3-c3ccccc3)cc21. The summed E-state index contributed by atoms with van der Waals surface area (Å²) in [5, 5.41) is 2.49. The van der Waals surface area contributed by atoms with Crippen molar-refractivity contribution < 1.29 is 4.74 Å². The molecule has 1 spiro atoms. The molecular weight excluding hydrogens is 703 g/mol. The molecule has 9 aromatic carbocycles. The maximum absolute atomic E-state index is 6.77. The number of nitrogens with zero attached hydrogens (tertiary/aromatic N) is 1. The van der Waals surface area contributed by atoms with Gasteiger partial charge in [0, 0.05) is 33.5 Å². The van der Waals surface area contributed by atoms with Crippen LogP contribution in [-0.2, 0) is 10.8 Å². The van der Waals surface area contributed by atoms with Gasteiger partial charge in [0.2, 0.25) is 0 Å². The summed E-state index contributed by atoms with van der Waals surface area (Å²) >= 11 is 0. The Morgan fingerprint density at radius 2 is 0.931 bits per heavy atom. The molecule has 0 fully saturated rings. The molecule has 2 aliphatic carbocycles. The number of benzene rings is 9. The Balaban J connectivity index is 1.17. The van der Waals surface area contributed by atoms with Crippen LogP contribution in [0.5, 0.6) is 11.5 Å². The van der Waals surface area contributed by atoms with Gasteiger partial charge in [-0.1, -0.05) is 172 Å². The summed E-state index contributed by atoms with van der Waals surface area (Å²) in [5.74, 6) is 1.79. The van der Waals surface area contributed by atoms with Crippen LogP contribution >= 0.6 is 0 Å². The van der Waals surface area contributed by atoms with Gasteiger partial charge in [-0.25, -0.2) is 0 Å². The minimum absolute atomic E-state index is 0.146. The van der Waals surface area contributed by atoms with Gasteiger partial charge in [-0.05, 0) is 103 Å². The molecule has 58 heavy (non-hydrogen) atoms. The van der Waals surface area contributed by atoms with Crippen LogP contribution in [0.3, 0.4) is 0 Å². The second-order valence-electron chi connectivity index (χ2n) is 16.4. The van der Waals surface area contributed by atoms with E-state index in [1.54, 1.807) is 0 Å². The number of hydrogen-bond donors (Lipinski definition) is 0. The standard InChI is InChI=1S/C56H39NO/c1-55(2)46-22-10-8-21-42(46)43-32-29-38(34-49(43)55)57(51-25-13-9-19-40(51)36-16-4-3-5-17-36)39-30-33-44-45-31-28-37-18-6-7-20-41(37)54(45)56(50(44)35-39)47-23-11-14-26-52(47)58-53-27-15-12-24-48(53)56/h3-35H,1-2H3. The Morgan fingerprint density at radius 1 is 0.397 bits per heavy atom. The van der Waals surface area contributed by atoms with Crippen molar-refractivity contribution in [2.45, 2.75) is 24.7 Å². The lowest BCUT2D eigenvalue weighted by molar-refractivity contribution is 0.437. The molecule has 0 radical (unpaired) electrons. The molecule has 0 saturated heterocycles. The predicted molar refractivity (Wildman–Crippen MR) is 239 cm³/mol. The lowest BCUT2D eigenvalue weighted by Crippen LogP contribution is -2.32. The average Bonchev–Trinajstić information content (AvgIpc) is 3.69. The molecule has 274 valence electrons.